The van der Waals surface area contributed by atoms with Crippen molar-refractivity contribution >= 4 is 17.5 Å². The first kappa shape index (κ1) is 23.7. The lowest BCUT2D eigenvalue weighted by atomic mass is 9.86. The van der Waals surface area contributed by atoms with Crippen molar-refractivity contribution in [1.82, 2.24) is 4.90 Å². The van der Waals surface area contributed by atoms with Gasteiger partial charge in [-0.05, 0) is 74.7 Å². The topological polar surface area (TPSA) is 38.8 Å². The third kappa shape index (κ3) is 5.08. The Labute approximate surface area is 195 Å². The van der Waals surface area contributed by atoms with Crippen LogP contribution in [0.5, 0.6) is 11.5 Å². The number of ether oxygens (including phenoxy) is 2. The Morgan fingerprint density at radius 3 is 2.31 bits per heavy atom. The molecule has 0 saturated heterocycles. The zero-order chi connectivity index (χ0) is 23.3. The van der Waals surface area contributed by atoms with Crippen molar-refractivity contribution < 1.29 is 14.3 Å². The van der Waals surface area contributed by atoms with Crippen LogP contribution in [0.3, 0.4) is 0 Å². The summed E-state index contributed by atoms with van der Waals surface area (Å²) in [6.45, 7) is 12.7. The minimum Gasteiger partial charge on any atom is -0.490 e. The number of benzene rings is 2. The van der Waals surface area contributed by atoms with E-state index in [4.69, 9.17) is 21.1 Å². The van der Waals surface area contributed by atoms with Gasteiger partial charge in [0.2, 0.25) is 5.91 Å². The highest BCUT2D eigenvalue weighted by Gasteiger charge is 2.36. The number of hydrogen-bond acceptors (Lipinski definition) is 3. The van der Waals surface area contributed by atoms with Crippen LogP contribution >= 0.6 is 11.6 Å². The number of allylic oxidation sites excluding steroid dienone is 4. The highest BCUT2D eigenvalue weighted by Crippen LogP contribution is 2.43. The Hall–Kier alpha value is -2.98. The number of fused-ring (bicyclic) bond motifs is 1. The van der Waals surface area contributed by atoms with E-state index in [1.165, 1.54) is 0 Å². The average molecular weight is 452 g/mol. The molecular formula is C27H30ClNO3. The fourth-order valence-corrected chi connectivity index (χ4v) is 4.03. The van der Waals surface area contributed by atoms with E-state index in [0.29, 0.717) is 29.7 Å². The molecule has 3 rings (SSSR count). The normalized spacial score (nSPS) is 16.3. The molecule has 0 N–H and O–H groups in total. The van der Waals surface area contributed by atoms with Gasteiger partial charge in [-0.3, -0.25) is 4.79 Å². The quantitative estimate of drug-likeness (QED) is 0.422. The molecule has 1 aliphatic rings. The predicted octanol–water partition coefficient (Wildman–Crippen LogP) is 6.65. The highest BCUT2D eigenvalue weighted by molar-refractivity contribution is 6.30. The monoisotopic (exact) mass is 451 g/mol. The largest absolute Gasteiger partial charge is 0.490 e. The van der Waals surface area contributed by atoms with Crippen LogP contribution in [-0.2, 0) is 11.2 Å². The van der Waals surface area contributed by atoms with Crippen molar-refractivity contribution in [2.24, 2.45) is 0 Å². The first-order valence-electron chi connectivity index (χ1n) is 10.9. The minimum atomic E-state index is -0.320. The number of rotatable bonds is 8. The van der Waals surface area contributed by atoms with Crippen LogP contribution in [0.2, 0.25) is 5.02 Å². The molecule has 5 heteroatoms. The molecular weight excluding hydrogens is 422 g/mol. The number of hydrogen-bond donors (Lipinski definition) is 0. The molecule has 0 spiro atoms. The summed E-state index contributed by atoms with van der Waals surface area (Å²) in [7, 11) is 0. The van der Waals surface area contributed by atoms with Gasteiger partial charge in [0, 0.05) is 10.7 Å². The second-order valence-electron chi connectivity index (χ2n) is 7.65. The molecule has 1 heterocycles. The molecule has 0 aliphatic carbocycles. The maximum atomic E-state index is 13.5. The number of halogens is 1. The van der Waals surface area contributed by atoms with Crippen LogP contribution in [0.4, 0.5) is 0 Å². The molecule has 0 radical (unpaired) electrons. The van der Waals surface area contributed by atoms with Crippen LogP contribution in [0.15, 0.2) is 72.5 Å². The first-order chi connectivity index (χ1) is 15.4. The van der Waals surface area contributed by atoms with Gasteiger partial charge in [0.1, 0.15) is 0 Å². The molecule has 1 atom stereocenters. The van der Waals surface area contributed by atoms with E-state index < -0.39 is 0 Å². The molecule has 1 unspecified atom stereocenters. The molecule has 4 nitrogen and oxygen atoms in total. The molecule has 0 bridgehead atoms. The molecule has 168 valence electrons. The lowest BCUT2D eigenvalue weighted by molar-refractivity contribution is -0.130. The highest BCUT2D eigenvalue weighted by atomic mass is 35.5. The van der Waals surface area contributed by atoms with Gasteiger partial charge in [0.25, 0.3) is 0 Å². The summed E-state index contributed by atoms with van der Waals surface area (Å²) in [5.41, 5.74) is 4.66. The first-order valence-corrected chi connectivity index (χ1v) is 11.3. The van der Waals surface area contributed by atoms with Crippen molar-refractivity contribution in [3.05, 3.63) is 94.2 Å². The van der Waals surface area contributed by atoms with E-state index in [0.717, 1.165) is 28.0 Å². The summed E-state index contributed by atoms with van der Waals surface area (Å²) < 4.78 is 11.7. The molecule has 32 heavy (non-hydrogen) atoms. The minimum absolute atomic E-state index is 0.0172. The second kappa shape index (κ2) is 10.6. The fourth-order valence-electron chi connectivity index (χ4n) is 3.90. The fraction of sp³-hybridized carbons (Fsp3) is 0.296. The summed E-state index contributed by atoms with van der Waals surface area (Å²) >= 11 is 6.16. The summed E-state index contributed by atoms with van der Waals surface area (Å²) in [5, 5.41) is 0.651. The summed E-state index contributed by atoms with van der Waals surface area (Å²) in [6, 6.07) is 11.3. The Kier molecular flexibility index (Phi) is 7.81. The molecule has 0 fully saturated rings. The third-order valence-corrected chi connectivity index (χ3v) is 5.52. The second-order valence-corrected chi connectivity index (χ2v) is 8.09. The van der Waals surface area contributed by atoms with E-state index in [9.17, 15) is 4.79 Å². The summed E-state index contributed by atoms with van der Waals surface area (Å²) in [4.78, 5) is 15.3. The van der Waals surface area contributed by atoms with Gasteiger partial charge >= 0.3 is 0 Å². The molecule has 2 aromatic carbocycles. The van der Waals surface area contributed by atoms with Crippen molar-refractivity contribution in [2.75, 3.05) is 13.2 Å². The van der Waals surface area contributed by atoms with Gasteiger partial charge in [-0.1, -0.05) is 48.0 Å². The van der Waals surface area contributed by atoms with Crippen molar-refractivity contribution in [3.8, 4) is 11.5 Å². The van der Waals surface area contributed by atoms with Crippen LogP contribution in [0, 0.1) is 0 Å². The van der Waals surface area contributed by atoms with Gasteiger partial charge in [-0.2, -0.15) is 0 Å². The van der Waals surface area contributed by atoms with Gasteiger partial charge in [0.05, 0.1) is 25.7 Å². The zero-order valence-electron chi connectivity index (χ0n) is 19.2. The summed E-state index contributed by atoms with van der Waals surface area (Å²) in [5.74, 6) is 1.36. The van der Waals surface area contributed by atoms with Crippen LogP contribution in [0.25, 0.3) is 0 Å². The maximum absolute atomic E-state index is 13.5. The van der Waals surface area contributed by atoms with Crippen molar-refractivity contribution in [3.63, 3.8) is 0 Å². The van der Waals surface area contributed by atoms with Crippen LogP contribution in [0.1, 0.15) is 50.4 Å². The Bertz CT molecular complexity index is 1050. The van der Waals surface area contributed by atoms with E-state index in [-0.39, 0.29) is 18.4 Å². The lowest BCUT2D eigenvalue weighted by Crippen LogP contribution is -2.39. The maximum Gasteiger partial charge on any atom is 0.232 e. The van der Waals surface area contributed by atoms with Crippen molar-refractivity contribution in [1.29, 1.82) is 0 Å². The lowest BCUT2D eigenvalue weighted by Gasteiger charge is -2.38. The number of carbonyl (C=O) groups is 1. The molecule has 1 aliphatic heterocycles. The molecule has 1 amide bonds. The van der Waals surface area contributed by atoms with Gasteiger partial charge in [-0.25, -0.2) is 0 Å². The SMILES string of the molecule is C=C(C)/C=C\C(=C/C)N1C(=O)Cc2cc(OCC)c(OCC)cc2C1c1ccc(Cl)cc1. The van der Waals surface area contributed by atoms with Gasteiger partial charge in [-0.15, -0.1) is 0 Å². The van der Waals surface area contributed by atoms with Crippen LogP contribution < -0.4 is 9.47 Å². The van der Waals surface area contributed by atoms with E-state index in [1.807, 2.05) is 87.2 Å². The molecule has 0 aromatic heterocycles. The van der Waals surface area contributed by atoms with Crippen LogP contribution in [-0.4, -0.2) is 24.0 Å². The van der Waals surface area contributed by atoms with Gasteiger partial charge < -0.3 is 14.4 Å². The average Bonchev–Trinajstić information content (AvgIpc) is 2.76. The number of nitrogens with zero attached hydrogens (tertiary/aromatic N) is 1. The van der Waals surface area contributed by atoms with E-state index in [1.54, 1.807) is 0 Å². The Morgan fingerprint density at radius 1 is 1.12 bits per heavy atom. The Morgan fingerprint density at radius 2 is 1.75 bits per heavy atom. The van der Waals surface area contributed by atoms with Gasteiger partial charge in [0.15, 0.2) is 11.5 Å². The summed E-state index contributed by atoms with van der Waals surface area (Å²) in [6.07, 6.45) is 6.08. The molecule has 2 aromatic rings. The predicted molar refractivity (Wildman–Crippen MR) is 130 cm³/mol. The standard InChI is InChI=1S/C27H30ClNO3/c1-6-22(14-9-18(4)5)29-26(30)16-20-15-24(31-7-2)25(32-8-3)17-23(20)27(29)19-10-12-21(28)13-11-19/h6,9-15,17,27H,4,7-8,16H2,1-3,5H3/b14-9-,22-6+. The Balaban J connectivity index is 2.23. The smallest absolute Gasteiger partial charge is 0.232 e. The third-order valence-electron chi connectivity index (χ3n) is 5.27. The number of amides is 1. The number of carbonyl (C=O) groups excluding carboxylic acids is 1. The van der Waals surface area contributed by atoms with E-state index in [2.05, 4.69) is 6.58 Å². The molecule has 0 saturated carbocycles. The zero-order valence-corrected chi connectivity index (χ0v) is 19.9. The van der Waals surface area contributed by atoms with E-state index >= 15 is 0 Å². The van der Waals surface area contributed by atoms with Crippen molar-refractivity contribution in [2.45, 2.75) is 40.2 Å².